The van der Waals surface area contributed by atoms with E-state index in [1.807, 2.05) is 11.8 Å². The molecule has 0 bridgehead atoms. The molecule has 0 spiro atoms. The van der Waals surface area contributed by atoms with Crippen molar-refractivity contribution in [1.82, 2.24) is 15.0 Å². The van der Waals surface area contributed by atoms with Gasteiger partial charge in [-0.15, -0.1) is 0 Å². The van der Waals surface area contributed by atoms with E-state index >= 15 is 0 Å². The standard InChI is InChI=1S/C16H23N3O2/c1-2-14-17-16(18-21-14)13-8-5-9-19(11-13)15(20)10-12-6-3-4-7-12/h3,6,12-13H,2,4-5,7-11H2,1H3/t12-,13-/m1/s1. The lowest BCUT2D eigenvalue weighted by Crippen LogP contribution is -2.39. The van der Waals surface area contributed by atoms with Crippen LogP contribution in [0, 0.1) is 5.92 Å². The Morgan fingerprint density at radius 3 is 3.10 bits per heavy atom. The van der Waals surface area contributed by atoms with Crippen molar-refractivity contribution in [2.45, 2.75) is 51.4 Å². The molecule has 1 aromatic heterocycles. The summed E-state index contributed by atoms with van der Waals surface area (Å²) in [5.74, 6) is 2.39. The lowest BCUT2D eigenvalue weighted by molar-refractivity contribution is -0.133. The van der Waals surface area contributed by atoms with Crippen molar-refractivity contribution in [2.75, 3.05) is 13.1 Å². The molecular formula is C16H23N3O2. The van der Waals surface area contributed by atoms with Crippen LogP contribution in [0.25, 0.3) is 0 Å². The van der Waals surface area contributed by atoms with Gasteiger partial charge in [-0.2, -0.15) is 4.98 Å². The lowest BCUT2D eigenvalue weighted by Gasteiger charge is -2.32. The van der Waals surface area contributed by atoms with Gasteiger partial charge in [-0.1, -0.05) is 24.2 Å². The number of hydrogen-bond acceptors (Lipinski definition) is 4. The predicted molar refractivity (Wildman–Crippen MR) is 78.7 cm³/mol. The number of amides is 1. The second-order valence-corrected chi connectivity index (χ2v) is 6.05. The maximum absolute atomic E-state index is 12.4. The third-order valence-electron chi connectivity index (χ3n) is 4.47. The van der Waals surface area contributed by atoms with E-state index in [4.69, 9.17) is 4.52 Å². The summed E-state index contributed by atoms with van der Waals surface area (Å²) in [5, 5.41) is 4.07. The van der Waals surface area contributed by atoms with Crippen LogP contribution in [0.5, 0.6) is 0 Å². The highest BCUT2D eigenvalue weighted by Gasteiger charge is 2.28. The molecule has 1 saturated heterocycles. The first-order valence-corrected chi connectivity index (χ1v) is 8.03. The Kier molecular flexibility index (Phi) is 4.36. The highest BCUT2D eigenvalue weighted by Crippen LogP contribution is 2.27. The van der Waals surface area contributed by atoms with Crippen LogP contribution in [0.4, 0.5) is 0 Å². The zero-order valence-electron chi connectivity index (χ0n) is 12.6. The molecule has 5 nitrogen and oxygen atoms in total. The molecule has 1 fully saturated rings. The smallest absolute Gasteiger partial charge is 0.226 e. The number of aryl methyl sites for hydroxylation is 1. The van der Waals surface area contributed by atoms with E-state index in [1.54, 1.807) is 0 Å². The maximum atomic E-state index is 12.4. The molecule has 114 valence electrons. The van der Waals surface area contributed by atoms with Crippen LogP contribution < -0.4 is 0 Å². The molecule has 0 N–H and O–H groups in total. The fraction of sp³-hybridized carbons (Fsp3) is 0.688. The molecule has 0 aromatic carbocycles. The summed E-state index contributed by atoms with van der Waals surface area (Å²) in [6.07, 6.45) is 10.1. The van der Waals surface area contributed by atoms with Crippen molar-refractivity contribution in [3.8, 4) is 0 Å². The minimum absolute atomic E-state index is 0.228. The zero-order valence-corrected chi connectivity index (χ0v) is 12.6. The number of piperidine rings is 1. The topological polar surface area (TPSA) is 59.2 Å². The minimum Gasteiger partial charge on any atom is -0.342 e. The summed E-state index contributed by atoms with van der Waals surface area (Å²) >= 11 is 0. The summed E-state index contributed by atoms with van der Waals surface area (Å²) in [7, 11) is 0. The molecule has 3 rings (SSSR count). The molecule has 5 heteroatoms. The average molecular weight is 289 g/mol. The number of rotatable bonds is 4. The third-order valence-corrected chi connectivity index (χ3v) is 4.47. The van der Waals surface area contributed by atoms with E-state index in [9.17, 15) is 4.79 Å². The molecule has 1 amide bonds. The first-order chi connectivity index (χ1) is 10.3. The number of carbonyl (C=O) groups excluding carboxylic acids is 1. The molecule has 21 heavy (non-hydrogen) atoms. The molecule has 1 aromatic rings. The van der Waals surface area contributed by atoms with E-state index in [0.717, 1.165) is 51.0 Å². The Balaban J connectivity index is 1.59. The van der Waals surface area contributed by atoms with E-state index in [0.29, 0.717) is 18.2 Å². The van der Waals surface area contributed by atoms with E-state index in [2.05, 4.69) is 22.3 Å². The second-order valence-electron chi connectivity index (χ2n) is 6.05. The van der Waals surface area contributed by atoms with Crippen LogP contribution in [0.1, 0.15) is 56.7 Å². The van der Waals surface area contributed by atoms with Crippen LogP contribution in [0.3, 0.4) is 0 Å². The average Bonchev–Trinajstić information content (AvgIpc) is 3.18. The highest BCUT2D eigenvalue weighted by molar-refractivity contribution is 5.77. The molecule has 1 aliphatic carbocycles. The van der Waals surface area contributed by atoms with Gasteiger partial charge >= 0.3 is 0 Å². The van der Waals surface area contributed by atoms with Gasteiger partial charge in [0, 0.05) is 31.8 Å². The van der Waals surface area contributed by atoms with Gasteiger partial charge in [0.25, 0.3) is 0 Å². The third kappa shape index (κ3) is 3.34. The van der Waals surface area contributed by atoms with Crippen molar-refractivity contribution in [1.29, 1.82) is 0 Å². The Morgan fingerprint density at radius 1 is 1.48 bits per heavy atom. The fourth-order valence-corrected chi connectivity index (χ4v) is 3.21. The highest BCUT2D eigenvalue weighted by atomic mass is 16.5. The lowest BCUT2D eigenvalue weighted by atomic mass is 9.96. The number of hydrogen-bond donors (Lipinski definition) is 0. The SMILES string of the molecule is CCc1nc([C@@H]2CCCN(C(=O)C[C@@H]3C=CCC3)C2)no1. The molecule has 0 saturated carbocycles. The number of carbonyl (C=O) groups is 1. The van der Waals surface area contributed by atoms with Crippen molar-refractivity contribution in [2.24, 2.45) is 5.92 Å². The zero-order chi connectivity index (χ0) is 14.7. The van der Waals surface area contributed by atoms with Crippen LogP contribution in [-0.2, 0) is 11.2 Å². The molecule has 1 aliphatic heterocycles. The molecule has 0 unspecified atom stereocenters. The number of aromatic nitrogens is 2. The molecule has 2 atom stereocenters. The van der Waals surface area contributed by atoms with Gasteiger partial charge < -0.3 is 9.42 Å². The minimum atomic E-state index is 0.228. The summed E-state index contributed by atoms with van der Waals surface area (Å²) in [5.41, 5.74) is 0. The van der Waals surface area contributed by atoms with Gasteiger partial charge in [0.1, 0.15) is 0 Å². The first kappa shape index (κ1) is 14.3. The second kappa shape index (κ2) is 6.41. The first-order valence-electron chi connectivity index (χ1n) is 8.03. The Morgan fingerprint density at radius 2 is 2.38 bits per heavy atom. The summed E-state index contributed by atoms with van der Waals surface area (Å²) < 4.78 is 5.20. The van der Waals surface area contributed by atoms with Crippen LogP contribution in [-0.4, -0.2) is 34.0 Å². The van der Waals surface area contributed by atoms with Crippen molar-refractivity contribution < 1.29 is 9.32 Å². The van der Waals surface area contributed by atoms with Crippen molar-refractivity contribution >= 4 is 5.91 Å². The number of allylic oxidation sites excluding steroid dienone is 2. The maximum Gasteiger partial charge on any atom is 0.226 e. The number of nitrogens with zero attached hydrogens (tertiary/aromatic N) is 3. The Labute approximate surface area is 125 Å². The Bertz CT molecular complexity index is 523. The van der Waals surface area contributed by atoms with Gasteiger partial charge in [0.2, 0.25) is 11.8 Å². The van der Waals surface area contributed by atoms with Gasteiger partial charge in [-0.3, -0.25) is 4.79 Å². The van der Waals surface area contributed by atoms with Gasteiger partial charge in [0.15, 0.2) is 5.82 Å². The van der Waals surface area contributed by atoms with Gasteiger partial charge in [-0.25, -0.2) is 0 Å². The van der Waals surface area contributed by atoms with Crippen LogP contribution >= 0.6 is 0 Å². The van der Waals surface area contributed by atoms with E-state index < -0.39 is 0 Å². The van der Waals surface area contributed by atoms with E-state index in [1.165, 1.54) is 0 Å². The van der Waals surface area contributed by atoms with Gasteiger partial charge in [0.05, 0.1) is 0 Å². The van der Waals surface area contributed by atoms with E-state index in [-0.39, 0.29) is 11.8 Å². The quantitative estimate of drug-likeness (QED) is 0.800. The summed E-state index contributed by atoms with van der Waals surface area (Å²) in [4.78, 5) is 18.8. The van der Waals surface area contributed by atoms with Gasteiger partial charge in [-0.05, 0) is 31.6 Å². The predicted octanol–water partition coefficient (Wildman–Crippen LogP) is 2.69. The monoisotopic (exact) mass is 289 g/mol. The van der Waals surface area contributed by atoms with Crippen molar-refractivity contribution in [3.63, 3.8) is 0 Å². The largest absolute Gasteiger partial charge is 0.342 e. The molecule has 0 radical (unpaired) electrons. The molecule has 2 aliphatic rings. The van der Waals surface area contributed by atoms with Crippen molar-refractivity contribution in [3.05, 3.63) is 23.9 Å². The van der Waals surface area contributed by atoms with Crippen LogP contribution in [0.2, 0.25) is 0 Å². The summed E-state index contributed by atoms with van der Waals surface area (Å²) in [6, 6.07) is 0. The normalized spacial score (nSPS) is 25.5. The summed E-state index contributed by atoms with van der Waals surface area (Å²) in [6.45, 7) is 3.60. The molecule has 2 heterocycles. The Hall–Kier alpha value is -1.65. The number of likely N-dealkylation sites (tertiary alicyclic amines) is 1. The van der Waals surface area contributed by atoms with Crippen LogP contribution in [0.15, 0.2) is 16.7 Å². The molecular weight excluding hydrogens is 266 g/mol. The fourth-order valence-electron chi connectivity index (χ4n) is 3.21.